The fourth-order valence-electron chi connectivity index (χ4n) is 4.16. The minimum absolute atomic E-state index is 0.645. The van der Waals surface area contributed by atoms with Gasteiger partial charge in [-0.2, -0.15) is 4.98 Å². The van der Waals surface area contributed by atoms with E-state index in [9.17, 15) is 0 Å². The third-order valence-corrected chi connectivity index (χ3v) is 5.70. The molecule has 0 amide bonds. The number of nitrogens with one attached hydrogen (secondary N) is 4. The molecule has 1 fully saturated rings. The Morgan fingerprint density at radius 1 is 1.12 bits per heavy atom. The van der Waals surface area contributed by atoms with Gasteiger partial charge in [-0.3, -0.25) is 4.90 Å². The van der Waals surface area contributed by atoms with Gasteiger partial charge in [0.15, 0.2) is 13.3 Å². The summed E-state index contributed by atoms with van der Waals surface area (Å²) in [5.74, 6) is 1.56. The molecule has 4 N–H and O–H groups in total. The predicted molar refractivity (Wildman–Crippen MR) is 104 cm³/mol. The third-order valence-electron chi connectivity index (χ3n) is 5.70. The largest absolute Gasteiger partial charge is 0.359 e. The summed E-state index contributed by atoms with van der Waals surface area (Å²) in [6.45, 7) is 6.04. The molecule has 138 valence electrons. The van der Waals surface area contributed by atoms with E-state index >= 15 is 0 Å². The molecule has 1 unspecified atom stereocenters. The van der Waals surface area contributed by atoms with Crippen LogP contribution >= 0.6 is 0 Å². The molecule has 1 aliphatic heterocycles. The van der Waals surface area contributed by atoms with Crippen molar-refractivity contribution in [3.63, 3.8) is 0 Å². The number of benzene rings is 1. The van der Waals surface area contributed by atoms with Crippen molar-refractivity contribution in [3.05, 3.63) is 29.5 Å². The monoisotopic (exact) mass is 354 g/mol. The molecule has 1 atom stereocenters. The third kappa shape index (κ3) is 3.80. The lowest BCUT2D eigenvalue weighted by Gasteiger charge is -2.27. The van der Waals surface area contributed by atoms with E-state index in [1.807, 2.05) is 6.92 Å². The lowest BCUT2D eigenvalue weighted by molar-refractivity contribution is -1.00. The van der Waals surface area contributed by atoms with Crippen molar-refractivity contribution < 1.29 is 9.89 Å². The normalized spacial score (nSPS) is 21.8. The second kappa shape index (κ2) is 7.58. The van der Waals surface area contributed by atoms with E-state index in [0.717, 1.165) is 41.9 Å². The SMILES string of the molecule is Cc1ccc2nc(NC3=[NH+]C[NH+](C4CCCCCC4)CN3)nc(C)c2c1. The molecule has 1 aliphatic carbocycles. The van der Waals surface area contributed by atoms with Gasteiger partial charge < -0.3 is 0 Å². The van der Waals surface area contributed by atoms with E-state index in [1.54, 1.807) is 4.90 Å². The van der Waals surface area contributed by atoms with Crippen LogP contribution in [0.25, 0.3) is 10.9 Å². The number of nitrogens with zero attached hydrogens (tertiary/aromatic N) is 2. The first-order valence-electron chi connectivity index (χ1n) is 9.90. The fraction of sp³-hybridized carbons (Fsp3) is 0.550. The number of fused-ring (bicyclic) bond motifs is 1. The van der Waals surface area contributed by atoms with Crippen LogP contribution in [0.1, 0.15) is 49.8 Å². The number of quaternary nitrogens is 1. The maximum absolute atomic E-state index is 4.66. The van der Waals surface area contributed by atoms with Crippen molar-refractivity contribution in [3.8, 4) is 0 Å². The Bertz CT molecular complexity index is 807. The summed E-state index contributed by atoms with van der Waals surface area (Å²) >= 11 is 0. The summed E-state index contributed by atoms with van der Waals surface area (Å²) in [6, 6.07) is 7.08. The molecule has 6 heteroatoms. The van der Waals surface area contributed by atoms with E-state index in [2.05, 4.69) is 50.7 Å². The highest BCUT2D eigenvalue weighted by molar-refractivity contribution is 5.89. The minimum atomic E-state index is 0.645. The highest BCUT2D eigenvalue weighted by Gasteiger charge is 2.28. The van der Waals surface area contributed by atoms with Crippen LogP contribution in [-0.2, 0) is 0 Å². The van der Waals surface area contributed by atoms with E-state index in [-0.39, 0.29) is 0 Å². The van der Waals surface area contributed by atoms with Crippen molar-refractivity contribution in [1.29, 1.82) is 0 Å². The highest BCUT2D eigenvalue weighted by atomic mass is 15.4. The van der Waals surface area contributed by atoms with Crippen molar-refractivity contribution in [2.45, 2.75) is 58.4 Å². The average molecular weight is 355 g/mol. The predicted octanol–water partition coefficient (Wildman–Crippen LogP) is 0.221. The lowest BCUT2D eigenvalue weighted by atomic mass is 10.1. The van der Waals surface area contributed by atoms with Gasteiger partial charge in [-0.15, -0.1) is 0 Å². The van der Waals surface area contributed by atoms with E-state index in [0.29, 0.717) is 5.95 Å². The van der Waals surface area contributed by atoms with Crippen LogP contribution in [0.4, 0.5) is 5.95 Å². The smallest absolute Gasteiger partial charge is 0.274 e. The first-order valence-corrected chi connectivity index (χ1v) is 9.90. The molecule has 1 aromatic carbocycles. The second-order valence-electron chi connectivity index (χ2n) is 7.71. The molecule has 1 aromatic heterocycles. The molecular formula is C20H30N6+2. The van der Waals surface area contributed by atoms with Gasteiger partial charge in [0.05, 0.1) is 17.3 Å². The Hall–Kier alpha value is -2.21. The van der Waals surface area contributed by atoms with Gasteiger partial charge in [-0.25, -0.2) is 20.6 Å². The Morgan fingerprint density at radius 3 is 2.65 bits per heavy atom. The Labute approximate surface area is 155 Å². The van der Waals surface area contributed by atoms with Gasteiger partial charge in [0, 0.05) is 5.39 Å². The summed E-state index contributed by atoms with van der Waals surface area (Å²) in [7, 11) is 0. The van der Waals surface area contributed by atoms with Gasteiger partial charge >= 0.3 is 5.96 Å². The maximum atomic E-state index is 4.66. The molecule has 2 aromatic rings. The van der Waals surface area contributed by atoms with Gasteiger partial charge in [0.1, 0.15) is 0 Å². The van der Waals surface area contributed by atoms with Crippen molar-refractivity contribution in [1.82, 2.24) is 15.3 Å². The van der Waals surface area contributed by atoms with Gasteiger partial charge in [0.25, 0.3) is 5.95 Å². The molecule has 4 rings (SSSR count). The topological polar surface area (TPSA) is 68.2 Å². The van der Waals surface area contributed by atoms with E-state index < -0.39 is 0 Å². The number of guanidine groups is 1. The quantitative estimate of drug-likeness (QED) is 0.583. The zero-order valence-corrected chi connectivity index (χ0v) is 15.9. The second-order valence-corrected chi connectivity index (χ2v) is 7.71. The van der Waals surface area contributed by atoms with Crippen LogP contribution in [0.2, 0.25) is 0 Å². The van der Waals surface area contributed by atoms with Gasteiger partial charge in [-0.1, -0.05) is 24.5 Å². The summed E-state index contributed by atoms with van der Waals surface area (Å²) in [5, 5.41) is 7.93. The summed E-state index contributed by atoms with van der Waals surface area (Å²) in [5.41, 5.74) is 3.22. The van der Waals surface area contributed by atoms with Crippen LogP contribution in [0, 0.1) is 13.8 Å². The Morgan fingerprint density at radius 2 is 1.92 bits per heavy atom. The minimum Gasteiger partial charge on any atom is -0.274 e. The summed E-state index contributed by atoms with van der Waals surface area (Å²) in [4.78, 5) is 14.4. The van der Waals surface area contributed by atoms with Crippen LogP contribution < -0.4 is 20.5 Å². The van der Waals surface area contributed by atoms with Crippen molar-refractivity contribution in [2.75, 3.05) is 18.7 Å². The number of aromatic nitrogens is 2. The van der Waals surface area contributed by atoms with Crippen molar-refractivity contribution >= 4 is 22.8 Å². The van der Waals surface area contributed by atoms with Gasteiger partial charge in [0.2, 0.25) is 0 Å². The lowest BCUT2D eigenvalue weighted by Crippen LogP contribution is -3.26. The zero-order chi connectivity index (χ0) is 17.9. The summed E-state index contributed by atoms with van der Waals surface area (Å²) < 4.78 is 0. The van der Waals surface area contributed by atoms with Crippen LogP contribution in [-0.4, -0.2) is 35.3 Å². The van der Waals surface area contributed by atoms with Crippen LogP contribution in [0.5, 0.6) is 0 Å². The molecule has 0 radical (unpaired) electrons. The van der Waals surface area contributed by atoms with Gasteiger partial charge in [-0.05, 0) is 51.7 Å². The van der Waals surface area contributed by atoms with Crippen LogP contribution in [0.3, 0.4) is 0 Å². The van der Waals surface area contributed by atoms with E-state index in [4.69, 9.17) is 0 Å². The number of rotatable bonds is 2. The van der Waals surface area contributed by atoms with Crippen molar-refractivity contribution in [2.24, 2.45) is 0 Å². The molecule has 2 aliphatic rings. The molecule has 1 saturated carbocycles. The first-order chi connectivity index (χ1) is 12.7. The number of aryl methyl sites for hydroxylation is 2. The highest BCUT2D eigenvalue weighted by Crippen LogP contribution is 2.18. The van der Waals surface area contributed by atoms with E-state index in [1.165, 1.54) is 44.1 Å². The fourth-order valence-corrected chi connectivity index (χ4v) is 4.16. The molecule has 26 heavy (non-hydrogen) atoms. The number of hydrogen-bond donors (Lipinski definition) is 4. The molecule has 6 nitrogen and oxygen atoms in total. The number of anilines is 1. The first kappa shape index (κ1) is 17.2. The number of hydrogen-bond acceptors (Lipinski definition) is 4. The molecule has 0 bridgehead atoms. The zero-order valence-electron chi connectivity index (χ0n) is 15.9. The average Bonchev–Trinajstić information content (AvgIpc) is 2.93. The Balaban J connectivity index is 1.45. The molecule has 2 heterocycles. The maximum Gasteiger partial charge on any atom is 0.359 e. The van der Waals surface area contributed by atoms with Crippen LogP contribution in [0.15, 0.2) is 18.2 Å². The standard InChI is InChI=1S/C20H28N6/c1-14-9-10-18-17(11-14)15(2)23-20(24-18)25-19-21-12-26(13-22-19)16-7-5-3-4-6-8-16/h9-11,16H,3-8,12-13H2,1-2H3,(H2,21,22,23,24,25)/p+2. The Kier molecular flexibility index (Phi) is 5.02. The molecule has 0 spiro atoms. The molecule has 0 saturated heterocycles. The summed E-state index contributed by atoms with van der Waals surface area (Å²) in [6.07, 6.45) is 8.28. The molecular weight excluding hydrogens is 324 g/mol.